The lowest BCUT2D eigenvalue weighted by molar-refractivity contribution is -0.385. The Morgan fingerprint density at radius 2 is 1.83 bits per heavy atom. The zero-order valence-corrected chi connectivity index (χ0v) is 28.6. The molecule has 0 bridgehead atoms. The number of aliphatic hydroxyl groups is 2. The number of aryl methyl sites for hydroxylation is 1. The second kappa shape index (κ2) is 15.4. The molecule has 0 aliphatic carbocycles. The lowest BCUT2D eigenvalue weighted by atomic mass is 9.82. The van der Waals surface area contributed by atoms with Crippen LogP contribution in [-0.4, -0.2) is 55.7 Å². The lowest BCUT2D eigenvalue weighted by Gasteiger charge is -2.27. The summed E-state index contributed by atoms with van der Waals surface area (Å²) < 4.78 is 6.83. The number of rotatable bonds is 14. The fraction of sp³-hybridized carbons (Fsp3) is 0.231. The summed E-state index contributed by atoms with van der Waals surface area (Å²) in [6, 6.07) is 27.3. The van der Waals surface area contributed by atoms with E-state index in [0.29, 0.717) is 46.9 Å². The van der Waals surface area contributed by atoms with Crippen molar-refractivity contribution in [3.8, 4) is 5.75 Å². The molecule has 4 aromatic carbocycles. The van der Waals surface area contributed by atoms with Crippen LogP contribution >= 0.6 is 0 Å². The monoisotopic (exact) mass is 702 g/mol. The molecule has 3 atom stereocenters. The molecule has 1 unspecified atom stereocenters. The van der Waals surface area contributed by atoms with Crippen LogP contribution in [0.15, 0.2) is 115 Å². The van der Waals surface area contributed by atoms with E-state index in [0.717, 1.165) is 5.56 Å². The quantitative estimate of drug-likeness (QED) is 0.0758. The first-order chi connectivity index (χ1) is 25.1. The van der Waals surface area contributed by atoms with Crippen LogP contribution in [0.2, 0.25) is 0 Å². The second-order valence-corrected chi connectivity index (χ2v) is 12.6. The van der Waals surface area contributed by atoms with Gasteiger partial charge in [-0.05, 0) is 60.0 Å². The Hall–Kier alpha value is -6.18. The first kappa shape index (κ1) is 35.6. The Kier molecular flexibility index (Phi) is 10.5. The minimum atomic E-state index is -2.08. The highest BCUT2D eigenvalue weighted by molar-refractivity contribution is 6.07. The molecule has 0 radical (unpaired) electrons. The zero-order valence-electron chi connectivity index (χ0n) is 28.6. The van der Waals surface area contributed by atoms with Gasteiger partial charge in [-0.2, -0.15) is 0 Å². The van der Waals surface area contributed by atoms with Gasteiger partial charge in [0.05, 0.1) is 42.5 Å². The van der Waals surface area contributed by atoms with Crippen molar-refractivity contribution in [2.45, 2.75) is 38.0 Å². The number of nitro groups is 1. The summed E-state index contributed by atoms with van der Waals surface area (Å²) in [5.41, 5.74) is 1.36. The molecule has 13 heteroatoms. The molecule has 6 rings (SSSR count). The minimum Gasteiger partial charge on any atom is -0.497 e. The van der Waals surface area contributed by atoms with Crippen molar-refractivity contribution in [2.75, 3.05) is 23.9 Å². The summed E-state index contributed by atoms with van der Waals surface area (Å²) in [6.07, 6.45) is 5.82. The predicted octanol–water partition coefficient (Wildman–Crippen LogP) is 5.59. The molecular formula is C39H38N6O7. The van der Waals surface area contributed by atoms with E-state index in [1.165, 1.54) is 23.1 Å². The number of hydrogen-bond acceptors (Lipinski definition) is 9. The Morgan fingerprint density at radius 1 is 1.06 bits per heavy atom. The van der Waals surface area contributed by atoms with Gasteiger partial charge in [-0.15, -0.1) is 5.10 Å². The van der Waals surface area contributed by atoms with E-state index in [2.05, 4.69) is 15.6 Å². The van der Waals surface area contributed by atoms with Gasteiger partial charge >= 0.3 is 0 Å². The number of ether oxygens (including phenoxy) is 1. The molecule has 52 heavy (non-hydrogen) atoms. The highest BCUT2D eigenvalue weighted by Crippen LogP contribution is 2.47. The Morgan fingerprint density at radius 3 is 2.54 bits per heavy atom. The Balaban J connectivity index is 1.17. The van der Waals surface area contributed by atoms with Crippen molar-refractivity contribution in [3.05, 3.63) is 153 Å². The number of non-ortho nitro benzene ring substituents is 1. The maximum absolute atomic E-state index is 14.1. The number of carbonyl (C=O) groups is 2. The van der Waals surface area contributed by atoms with Gasteiger partial charge < -0.3 is 25.2 Å². The number of methoxy groups -OCH3 is 1. The number of benzene rings is 4. The van der Waals surface area contributed by atoms with Crippen LogP contribution in [-0.2, 0) is 23.5 Å². The van der Waals surface area contributed by atoms with Crippen LogP contribution < -0.4 is 15.0 Å². The molecule has 2 heterocycles. The van der Waals surface area contributed by atoms with Crippen LogP contribution in [0.5, 0.6) is 5.75 Å². The van der Waals surface area contributed by atoms with Crippen LogP contribution in [0.1, 0.15) is 52.0 Å². The molecule has 3 N–H and O–H groups in total. The first-order valence-electron chi connectivity index (χ1n) is 16.7. The van der Waals surface area contributed by atoms with E-state index in [-0.39, 0.29) is 36.2 Å². The van der Waals surface area contributed by atoms with Crippen LogP contribution in [0, 0.1) is 16.0 Å². The Bertz CT molecular complexity index is 2100. The van der Waals surface area contributed by atoms with Gasteiger partial charge in [0.15, 0.2) is 5.60 Å². The third-order valence-electron chi connectivity index (χ3n) is 9.25. The van der Waals surface area contributed by atoms with E-state index < -0.39 is 22.3 Å². The number of nitrogens with zero attached hydrogens (tertiary/aromatic N) is 5. The lowest BCUT2D eigenvalue weighted by Crippen LogP contribution is -2.44. The topological polar surface area (TPSA) is 173 Å². The molecule has 5 aromatic rings. The number of hydrogen-bond donors (Lipinski definition) is 3. The molecule has 0 saturated heterocycles. The van der Waals surface area contributed by atoms with E-state index >= 15 is 0 Å². The number of nitro benzene ring substituents is 1. The van der Waals surface area contributed by atoms with Gasteiger partial charge in [-0.1, -0.05) is 66.8 Å². The smallest absolute Gasteiger partial charge is 0.269 e. The zero-order chi connectivity index (χ0) is 36.8. The average Bonchev–Trinajstić information content (AvgIpc) is 3.71. The number of anilines is 2. The summed E-state index contributed by atoms with van der Waals surface area (Å²) in [5, 5.41) is 45.1. The largest absolute Gasteiger partial charge is 0.497 e. The molecule has 0 saturated carbocycles. The summed E-state index contributed by atoms with van der Waals surface area (Å²) >= 11 is 0. The first-order valence-corrected chi connectivity index (χ1v) is 16.7. The van der Waals surface area contributed by atoms with Crippen LogP contribution in [0.25, 0.3) is 0 Å². The van der Waals surface area contributed by atoms with Crippen molar-refractivity contribution < 1.29 is 29.5 Å². The average molecular weight is 703 g/mol. The van der Waals surface area contributed by atoms with Gasteiger partial charge in [0.25, 0.3) is 17.5 Å². The van der Waals surface area contributed by atoms with Crippen LogP contribution in [0.3, 0.4) is 0 Å². The van der Waals surface area contributed by atoms with E-state index in [1.807, 2.05) is 36.4 Å². The molecule has 1 aromatic heterocycles. The van der Waals surface area contributed by atoms with Crippen molar-refractivity contribution in [1.29, 1.82) is 0 Å². The number of carbonyl (C=O) groups excluding carboxylic acids is 2. The second-order valence-electron chi connectivity index (χ2n) is 12.6. The molecule has 0 spiro atoms. The third-order valence-corrected chi connectivity index (χ3v) is 9.25. The highest BCUT2D eigenvalue weighted by Gasteiger charge is 2.53. The van der Waals surface area contributed by atoms with Gasteiger partial charge in [-0.25, -0.2) is 0 Å². The molecule has 0 fully saturated rings. The van der Waals surface area contributed by atoms with Crippen molar-refractivity contribution in [2.24, 2.45) is 5.92 Å². The summed E-state index contributed by atoms with van der Waals surface area (Å²) in [4.78, 5) is 39.6. The maximum atomic E-state index is 14.1. The standard InChI is InChI=1S/C39H38N6O7/c1-26(9-6-7-20-43-24-35(41-42-43)33(25-46)28-11-4-3-5-12-28)39(49)34-22-31(45(50)51)16-19-36(34)44(38(39)48)23-27-10-8-13-30(21-27)40-37(47)29-14-17-32(52-2)18-15-29/h3-6,8-19,21-22,24,26,33,46,49H,7,20,23,25H2,1-2H3,(H,40,47)/b9-6+/t26-,33?,39+/m0/s1. The van der Waals surface area contributed by atoms with Gasteiger partial charge in [0.2, 0.25) is 0 Å². The molecular weight excluding hydrogens is 664 g/mol. The van der Waals surface area contributed by atoms with Gasteiger partial charge in [0.1, 0.15) is 5.75 Å². The SMILES string of the molecule is COc1ccc(C(=O)Nc2cccc(CN3C(=O)[C@@](O)([C@@H](C)/C=C/CCn4cc(C(CO)c5ccccc5)nn4)c4cc([N+](=O)[O-])ccc43)c2)cc1. The highest BCUT2D eigenvalue weighted by atomic mass is 16.6. The summed E-state index contributed by atoms with van der Waals surface area (Å²) in [6.45, 7) is 2.07. The normalized spacial score (nSPS) is 16.5. The number of fused-ring (bicyclic) bond motifs is 1. The van der Waals surface area contributed by atoms with Crippen molar-refractivity contribution in [3.63, 3.8) is 0 Å². The number of aromatic nitrogens is 3. The van der Waals surface area contributed by atoms with Crippen LogP contribution in [0.4, 0.5) is 17.1 Å². The fourth-order valence-electron chi connectivity index (χ4n) is 6.37. The maximum Gasteiger partial charge on any atom is 0.269 e. The third kappa shape index (κ3) is 7.31. The molecule has 13 nitrogen and oxygen atoms in total. The van der Waals surface area contributed by atoms with Gasteiger partial charge in [-0.3, -0.25) is 24.4 Å². The predicted molar refractivity (Wildman–Crippen MR) is 194 cm³/mol. The van der Waals surface area contributed by atoms with E-state index in [4.69, 9.17) is 4.74 Å². The number of allylic oxidation sites excluding steroid dienone is 1. The molecule has 1 aliphatic heterocycles. The fourth-order valence-corrected chi connectivity index (χ4v) is 6.37. The van der Waals surface area contributed by atoms with E-state index in [1.54, 1.807) is 79.5 Å². The van der Waals surface area contributed by atoms with E-state index in [9.17, 15) is 29.9 Å². The molecule has 266 valence electrons. The minimum absolute atomic E-state index is 0.0427. The molecule has 2 amide bonds. The molecule has 1 aliphatic rings. The van der Waals surface area contributed by atoms with Crippen molar-refractivity contribution in [1.82, 2.24) is 15.0 Å². The number of aliphatic hydroxyl groups excluding tert-OH is 1. The van der Waals surface area contributed by atoms with Gasteiger partial charge in [0, 0.05) is 47.6 Å². The number of nitrogens with one attached hydrogen (secondary N) is 1. The summed E-state index contributed by atoms with van der Waals surface area (Å²) in [7, 11) is 1.54. The number of amides is 2. The van der Waals surface area contributed by atoms with Crippen molar-refractivity contribution >= 4 is 28.9 Å². The summed E-state index contributed by atoms with van der Waals surface area (Å²) in [5.74, 6) is -1.38. The Labute approximate surface area is 299 Å².